The summed E-state index contributed by atoms with van der Waals surface area (Å²) in [5, 5.41) is 17.6. The summed E-state index contributed by atoms with van der Waals surface area (Å²) in [6.07, 6.45) is -0.570. The van der Waals surface area contributed by atoms with Crippen LogP contribution in [0.1, 0.15) is 12.8 Å². The molecule has 2 rings (SSSR count). The number of urea groups is 1. The maximum atomic E-state index is 11.6. The van der Waals surface area contributed by atoms with E-state index in [1.54, 1.807) is 0 Å². The zero-order valence-corrected chi connectivity index (χ0v) is 7.79. The summed E-state index contributed by atoms with van der Waals surface area (Å²) in [6.45, 7) is 0.197. The van der Waals surface area contributed by atoms with Crippen molar-refractivity contribution < 1.29 is 24.6 Å². The summed E-state index contributed by atoms with van der Waals surface area (Å²) in [5.74, 6) is -1.07. The van der Waals surface area contributed by atoms with Crippen LogP contribution in [0, 0.1) is 0 Å². The standard InChI is InChI=1S/C8H10N2O5/c11-6(12)5-2-1-4-3-9(5)7(13)10(4)8(14)15/h4-5H,1-3H2,(H,11,12)(H,14,15)/t4-,5?/m1/s1. The van der Waals surface area contributed by atoms with Crippen molar-refractivity contribution in [2.75, 3.05) is 6.54 Å². The Balaban J connectivity index is 2.25. The fourth-order valence-electron chi connectivity index (χ4n) is 2.16. The Morgan fingerprint density at radius 2 is 1.93 bits per heavy atom. The first-order valence-electron chi connectivity index (χ1n) is 4.58. The summed E-state index contributed by atoms with van der Waals surface area (Å²) in [7, 11) is 0. The second-order valence-electron chi connectivity index (χ2n) is 3.67. The van der Waals surface area contributed by atoms with Crippen molar-refractivity contribution in [2.24, 2.45) is 0 Å². The average molecular weight is 214 g/mol. The highest BCUT2D eigenvalue weighted by Gasteiger charge is 2.49. The van der Waals surface area contributed by atoms with E-state index in [1.165, 1.54) is 0 Å². The van der Waals surface area contributed by atoms with Crippen molar-refractivity contribution in [1.29, 1.82) is 0 Å². The SMILES string of the molecule is O=C(O)C1CC[C@@H]2CN1C(=O)N2C(=O)O. The number of carbonyl (C=O) groups excluding carboxylic acids is 1. The van der Waals surface area contributed by atoms with Gasteiger partial charge in [-0.1, -0.05) is 0 Å². The quantitative estimate of drug-likeness (QED) is 0.641. The van der Waals surface area contributed by atoms with E-state index in [2.05, 4.69) is 0 Å². The molecule has 0 radical (unpaired) electrons. The maximum absolute atomic E-state index is 11.6. The van der Waals surface area contributed by atoms with Gasteiger partial charge in [-0.05, 0) is 12.8 Å². The lowest BCUT2D eigenvalue weighted by Gasteiger charge is -2.26. The minimum atomic E-state index is -1.31. The van der Waals surface area contributed by atoms with Crippen LogP contribution >= 0.6 is 0 Å². The molecular weight excluding hydrogens is 204 g/mol. The molecule has 0 saturated carbocycles. The van der Waals surface area contributed by atoms with E-state index >= 15 is 0 Å². The normalized spacial score (nSPS) is 29.5. The first-order valence-corrected chi connectivity index (χ1v) is 4.58. The van der Waals surface area contributed by atoms with Crippen LogP contribution in [0.15, 0.2) is 0 Å². The van der Waals surface area contributed by atoms with Gasteiger partial charge in [0.25, 0.3) is 0 Å². The van der Waals surface area contributed by atoms with Gasteiger partial charge in [-0.25, -0.2) is 19.3 Å². The van der Waals surface area contributed by atoms with Gasteiger partial charge in [0.1, 0.15) is 6.04 Å². The second kappa shape index (κ2) is 3.11. The number of fused-ring (bicyclic) bond motifs is 2. The maximum Gasteiger partial charge on any atom is 0.415 e. The van der Waals surface area contributed by atoms with Gasteiger partial charge >= 0.3 is 18.1 Å². The van der Waals surface area contributed by atoms with Crippen molar-refractivity contribution in [3.8, 4) is 0 Å². The van der Waals surface area contributed by atoms with Gasteiger partial charge in [0.2, 0.25) is 0 Å². The number of nitrogens with zero attached hydrogens (tertiary/aromatic N) is 2. The first-order chi connectivity index (χ1) is 7.02. The minimum absolute atomic E-state index is 0.197. The van der Waals surface area contributed by atoms with Gasteiger partial charge in [-0.2, -0.15) is 0 Å². The van der Waals surface area contributed by atoms with Crippen LogP contribution in [-0.2, 0) is 4.79 Å². The van der Waals surface area contributed by atoms with Crippen LogP contribution < -0.4 is 0 Å². The molecule has 1 unspecified atom stereocenters. The molecule has 0 aromatic carbocycles. The Hall–Kier alpha value is -1.79. The summed E-state index contributed by atoms with van der Waals surface area (Å²) < 4.78 is 0. The van der Waals surface area contributed by atoms with Gasteiger partial charge in [0.05, 0.1) is 6.04 Å². The number of hydrogen-bond donors (Lipinski definition) is 2. The molecule has 2 aliphatic heterocycles. The van der Waals surface area contributed by atoms with E-state index < -0.39 is 24.1 Å². The lowest BCUT2D eigenvalue weighted by molar-refractivity contribution is -0.142. The van der Waals surface area contributed by atoms with E-state index in [0.29, 0.717) is 12.8 Å². The van der Waals surface area contributed by atoms with Gasteiger partial charge in [0, 0.05) is 6.54 Å². The van der Waals surface area contributed by atoms with Crippen molar-refractivity contribution >= 4 is 18.1 Å². The molecule has 2 bridgehead atoms. The Kier molecular flexibility index (Phi) is 2.02. The highest BCUT2D eigenvalue weighted by molar-refractivity contribution is 5.95. The third-order valence-electron chi connectivity index (χ3n) is 2.87. The van der Waals surface area contributed by atoms with Gasteiger partial charge in [-0.3, -0.25) is 0 Å². The largest absolute Gasteiger partial charge is 0.480 e. The molecule has 7 nitrogen and oxygen atoms in total. The summed E-state index contributed by atoms with van der Waals surface area (Å²) in [6, 6.07) is -1.97. The molecule has 0 aliphatic carbocycles. The van der Waals surface area contributed by atoms with Gasteiger partial charge < -0.3 is 15.1 Å². The second-order valence-corrected chi connectivity index (χ2v) is 3.67. The molecule has 2 N–H and O–H groups in total. The zero-order valence-electron chi connectivity index (χ0n) is 7.79. The van der Waals surface area contributed by atoms with E-state index in [1.807, 2.05) is 0 Å². The molecule has 2 atom stereocenters. The monoisotopic (exact) mass is 214 g/mol. The van der Waals surface area contributed by atoms with Crippen molar-refractivity contribution in [3.63, 3.8) is 0 Å². The van der Waals surface area contributed by atoms with Crippen molar-refractivity contribution in [1.82, 2.24) is 9.80 Å². The van der Waals surface area contributed by atoms with Crippen LogP contribution in [0.3, 0.4) is 0 Å². The number of piperidine rings is 1. The van der Waals surface area contributed by atoms with Crippen molar-refractivity contribution in [2.45, 2.75) is 24.9 Å². The number of amides is 3. The number of rotatable bonds is 1. The fraction of sp³-hybridized carbons (Fsp3) is 0.625. The molecule has 0 aromatic heterocycles. The molecule has 0 spiro atoms. The molecule has 2 saturated heterocycles. The number of hydrogen-bond acceptors (Lipinski definition) is 3. The van der Waals surface area contributed by atoms with Gasteiger partial charge in [0.15, 0.2) is 0 Å². The lowest BCUT2D eigenvalue weighted by atomic mass is 10.0. The number of carboxylic acid groups (broad SMARTS) is 2. The fourth-order valence-corrected chi connectivity index (χ4v) is 2.16. The Bertz CT molecular complexity index is 342. The van der Waals surface area contributed by atoms with Crippen molar-refractivity contribution in [3.05, 3.63) is 0 Å². The highest BCUT2D eigenvalue weighted by Crippen LogP contribution is 2.29. The average Bonchev–Trinajstić information content (AvgIpc) is 2.39. The number of carbonyl (C=O) groups is 3. The minimum Gasteiger partial charge on any atom is -0.480 e. The van der Waals surface area contributed by atoms with Gasteiger partial charge in [-0.15, -0.1) is 0 Å². The van der Waals surface area contributed by atoms with E-state index in [9.17, 15) is 14.4 Å². The third-order valence-corrected chi connectivity index (χ3v) is 2.87. The molecule has 2 heterocycles. The molecule has 0 aromatic rings. The molecule has 2 aliphatic rings. The lowest BCUT2D eigenvalue weighted by Crippen LogP contribution is -2.45. The van der Waals surface area contributed by atoms with E-state index in [4.69, 9.17) is 10.2 Å². The zero-order chi connectivity index (χ0) is 11.2. The van der Waals surface area contributed by atoms with E-state index in [-0.39, 0.29) is 12.6 Å². The molecule has 7 heteroatoms. The Morgan fingerprint density at radius 3 is 2.47 bits per heavy atom. The summed E-state index contributed by atoms with van der Waals surface area (Å²) >= 11 is 0. The van der Waals surface area contributed by atoms with Crippen LogP contribution in [0.2, 0.25) is 0 Å². The third kappa shape index (κ3) is 1.31. The Labute approximate surface area is 84.9 Å². The topological polar surface area (TPSA) is 98.2 Å². The molecule has 2 fully saturated rings. The smallest absolute Gasteiger partial charge is 0.415 e. The van der Waals surface area contributed by atoms with Crippen LogP contribution in [0.5, 0.6) is 0 Å². The van der Waals surface area contributed by atoms with Crippen LogP contribution in [0.25, 0.3) is 0 Å². The summed E-state index contributed by atoms with van der Waals surface area (Å²) in [4.78, 5) is 35.0. The summed E-state index contributed by atoms with van der Waals surface area (Å²) in [5.41, 5.74) is 0. The van der Waals surface area contributed by atoms with Crippen LogP contribution in [0.4, 0.5) is 9.59 Å². The highest BCUT2D eigenvalue weighted by atomic mass is 16.4. The number of carboxylic acids is 1. The number of aliphatic carboxylic acids is 1. The predicted molar refractivity (Wildman–Crippen MR) is 46.4 cm³/mol. The van der Waals surface area contributed by atoms with E-state index in [0.717, 1.165) is 9.80 Å². The predicted octanol–water partition coefficient (Wildman–Crippen LogP) is 0.0176. The molecular formula is C8H10N2O5. The molecule has 3 amide bonds. The first kappa shape index (κ1) is 9.75. The molecule has 15 heavy (non-hydrogen) atoms. The van der Waals surface area contributed by atoms with Crippen LogP contribution in [-0.4, -0.2) is 56.7 Å². The molecule has 82 valence electrons. The Morgan fingerprint density at radius 1 is 1.27 bits per heavy atom. The number of imide groups is 1.